The second kappa shape index (κ2) is 9.32. The molecule has 1 fully saturated rings. The third-order valence-electron chi connectivity index (χ3n) is 4.59. The van der Waals surface area contributed by atoms with Gasteiger partial charge < -0.3 is 14.2 Å². The van der Waals surface area contributed by atoms with Crippen LogP contribution in [-0.4, -0.2) is 52.2 Å². The minimum Gasteiger partial charge on any atom is -0.454 e. The van der Waals surface area contributed by atoms with Gasteiger partial charge in [0.2, 0.25) is 0 Å². The van der Waals surface area contributed by atoms with E-state index in [1.807, 2.05) is 50.3 Å². The molecule has 1 unspecified atom stereocenters. The topological polar surface area (TPSA) is 75.5 Å². The number of hydrogen-bond donors (Lipinski definition) is 0. The first kappa shape index (κ1) is 20.5. The standard InChI is InChI=1S/C20H24ClN3O4/c1-3-18-26-11-20(2,12-27-18)19(28-17(25)10-21)16(24-14-22-13-23-24)9-15-7-5-4-6-8-15/h4-9,13-14,18-19H,3,10-12H2,1-2H3. The fraction of sp³-hybridized carbons (Fsp3) is 0.450. The van der Waals surface area contributed by atoms with Gasteiger partial charge in [-0.1, -0.05) is 44.2 Å². The molecule has 2 heterocycles. The molecule has 8 heteroatoms. The molecule has 0 saturated carbocycles. The lowest BCUT2D eigenvalue weighted by Crippen LogP contribution is -2.50. The first-order valence-corrected chi connectivity index (χ1v) is 9.69. The molecule has 0 spiro atoms. The van der Waals surface area contributed by atoms with Crippen molar-refractivity contribution in [2.45, 2.75) is 32.7 Å². The normalized spacial score (nSPS) is 24.0. The molecule has 0 amide bonds. The Hall–Kier alpha value is -2.22. The van der Waals surface area contributed by atoms with Gasteiger partial charge in [0.1, 0.15) is 18.5 Å². The maximum absolute atomic E-state index is 12.1. The summed E-state index contributed by atoms with van der Waals surface area (Å²) in [4.78, 5) is 16.2. The summed E-state index contributed by atoms with van der Waals surface area (Å²) >= 11 is 5.72. The van der Waals surface area contributed by atoms with Crippen molar-refractivity contribution in [2.24, 2.45) is 5.41 Å². The van der Waals surface area contributed by atoms with Crippen LogP contribution in [0.5, 0.6) is 0 Å². The Balaban J connectivity index is 2.02. The van der Waals surface area contributed by atoms with Crippen molar-refractivity contribution in [1.29, 1.82) is 0 Å². The van der Waals surface area contributed by atoms with Crippen LogP contribution in [0, 0.1) is 5.41 Å². The predicted molar refractivity (Wildman–Crippen MR) is 105 cm³/mol. The summed E-state index contributed by atoms with van der Waals surface area (Å²) < 4.78 is 19.1. The summed E-state index contributed by atoms with van der Waals surface area (Å²) in [7, 11) is 0. The molecule has 0 bridgehead atoms. The molecular formula is C20H24ClN3O4. The zero-order valence-electron chi connectivity index (χ0n) is 16.0. The van der Waals surface area contributed by atoms with E-state index in [0.717, 1.165) is 12.0 Å². The summed E-state index contributed by atoms with van der Waals surface area (Å²) in [5, 5.41) is 4.26. The van der Waals surface area contributed by atoms with Gasteiger partial charge in [-0.2, -0.15) is 5.10 Å². The molecule has 1 saturated heterocycles. The highest BCUT2D eigenvalue weighted by Crippen LogP contribution is 2.37. The Morgan fingerprint density at radius 3 is 2.68 bits per heavy atom. The highest BCUT2D eigenvalue weighted by atomic mass is 35.5. The molecule has 0 radical (unpaired) electrons. The summed E-state index contributed by atoms with van der Waals surface area (Å²) in [6.45, 7) is 4.69. The van der Waals surface area contributed by atoms with E-state index in [2.05, 4.69) is 10.1 Å². The van der Waals surface area contributed by atoms with Gasteiger partial charge in [0.25, 0.3) is 0 Å². The number of benzene rings is 1. The molecule has 1 aliphatic heterocycles. The van der Waals surface area contributed by atoms with Crippen molar-refractivity contribution in [3.63, 3.8) is 0 Å². The Kier molecular flexibility index (Phi) is 6.83. The lowest BCUT2D eigenvalue weighted by molar-refractivity contribution is -0.242. The minimum atomic E-state index is -0.696. The van der Waals surface area contributed by atoms with Crippen LogP contribution in [-0.2, 0) is 19.0 Å². The summed E-state index contributed by atoms with van der Waals surface area (Å²) in [6.07, 6.45) is 4.71. The van der Waals surface area contributed by atoms with Gasteiger partial charge in [0.15, 0.2) is 12.4 Å². The second-order valence-corrected chi connectivity index (χ2v) is 7.20. The Morgan fingerprint density at radius 2 is 2.11 bits per heavy atom. The summed E-state index contributed by atoms with van der Waals surface area (Å²) in [5.74, 6) is -0.772. The number of carbonyl (C=O) groups is 1. The van der Waals surface area contributed by atoms with Crippen LogP contribution in [0.25, 0.3) is 11.8 Å². The van der Waals surface area contributed by atoms with Gasteiger partial charge in [-0.15, -0.1) is 11.6 Å². The third-order valence-corrected chi connectivity index (χ3v) is 4.81. The summed E-state index contributed by atoms with van der Waals surface area (Å²) in [5.41, 5.74) is 0.958. The Morgan fingerprint density at radius 1 is 1.39 bits per heavy atom. The van der Waals surface area contributed by atoms with E-state index >= 15 is 0 Å². The van der Waals surface area contributed by atoms with Gasteiger partial charge in [-0.05, 0) is 18.1 Å². The van der Waals surface area contributed by atoms with Gasteiger partial charge in [0.05, 0.1) is 24.3 Å². The lowest BCUT2D eigenvalue weighted by Gasteiger charge is -2.42. The number of halogens is 1. The van der Waals surface area contributed by atoms with Crippen molar-refractivity contribution < 1.29 is 19.0 Å². The number of ether oxygens (including phenoxy) is 3. The number of aromatic nitrogens is 3. The van der Waals surface area contributed by atoms with Crippen LogP contribution >= 0.6 is 11.6 Å². The van der Waals surface area contributed by atoms with Crippen molar-refractivity contribution in [1.82, 2.24) is 14.8 Å². The number of rotatable bonds is 7. The molecule has 1 atom stereocenters. The predicted octanol–water partition coefficient (Wildman–Crippen LogP) is 3.22. The van der Waals surface area contributed by atoms with E-state index in [9.17, 15) is 4.79 Å². The van der Waals surface area contributed by atoms with Crippen LogP contribution in [0.2, 0.25) is 0 Å². The van der Waals surface area contributed by atoms with Crippen molar-refractivity contribution >= 4 is 29.3 Å². The summed E-state index contributed by atoms with van der Waals surface area (Å²) in [6, 6.07) is 9.73. The first-order valence-electron chi connectivity index (χ1n) is 9.16. The maximum Gasteiger partial charge on any atom is 0.321 e. The number of esters is 1. The molecule has 2 aromatic rings. The van der Waals surface area contributed by atoms with E-state index in [1.165, 1.54) is 6.33 Å². The first-order chi connectivity index (χ1) is 13.6. The average molecular weight is 406 g/mol. The van der Waals surface area contributed by atoms with Crippen LogP contribution in [0.15, 0.2) is 43.0 Å². The second-order valence-electron chi connectivity index (χ2n) is 6.94. The average Bonchev–Trinajstić information content (AvgIpc) is 3.26. The van der Waals surface area contributed by atoms with E-state index in [4.69, 9.17) is 25.8 Å². The van der Waals surface area contributed by atoms with Crippen LogP contribution < -0.4 is 0 Å². The zero-order valence-corrected chi connectivity index (χ0v) is 16.7. The van der Waals surface area contributed by atoms with Crippen molar-refractivity contribution in [3.05, 3.63) is 48.5 Å². The van der Waals surface area contributed by atoms with Crippen molar-refractivity contribution in [2.75, 3.05) is 19.1 Å². The third kappa shape index (κ3) is 4.79. The van der Waals surface area contributed by atoms with Gasteiger partial charge in [-0.25, -0.2) is 9.67 Å². The maximum atomic E-state index is 12.1. The molecule has 3 rings (SSSR count). The number of carbonyl (C=O) groups excluding carboxylic acids is 1. The van der Waals surface area contributed by atoms with E-state index < -0.39 is 17.5 Å². The lowest BCUT2D eigenvalue weighted by atomic mass is 9.82. The molecule has 150 valence electrons. The quantitative estimate of drug-likeness (QED) is 0.520. The fourth-order valence-electron chi connectivity index (χ4n) is 3.09. The number of hydrogen-bond acceptors (Lipinski definition) is 6. The molecule has 28 heavy (non-hydrogen) atoms. The number of alkyl halides is 1. The van der Waals surface area contributed by atoms with E-state index in [1.54, 1.807) is 11.0 Å². The molecule has 1 aliphatic rings. The molecular weight excluding hydrogens is 382 g/mol. The largest absolute Gasteiger partial charge is 0.454 e. The van der Waals surface area contributed by atoms with Crippen LogP contribution in [0.4, 0.5) is 0 Å². The molecule has 7 nitrogen and oxygen atoms in total. The molecule has 0 N–H and O–H groups in total. The van der Waals surface area contributed by atoms with Crippen LogP contribution in [0.3, 0.4) is 0 Å². The van der Waals surface area contributed by atoms with Gasteiger partial charge >= 0.3 is 5.97 Å². The highest BCUT2D eigenvalue weighted by molar-refractivity contribution is 6.26. The number of nitrogens with zero attached hydrogens (tertiary/aromatic N) is 3. The van der Waals surface area contributed by atoms with Crippen LogP contribution in [0.1, 0.15) is 25.8 Å². The molecule has 1 aromatic heterocycles. The SMILES string of the molecule is CCC1OCC(C)(C(OC(=O)CCl)C(=Cc2ccccc2)n2cncn2)CO1. The monoisotopic (exact) mass is 405 g/mol. The Labute approximate surface area is 169 Å². The van der Waals surface area contributed by atoms with Gasteiger partial charge in [-0.3, -0.25) is 4.79 Å². The van der Waals surface area contributed by atoms with E-state index in [-0.39, 0.29) is 12.2 Å². The smallest absolute Gasteiger partial charge is 0.321 e. The van der Waals surface area contributed by atoms with Crippen molar-refractivity contribution in [3.8, 4) is 0 Å². The molecule has 1 aromatic carbocycles. The zero-order chi connectivity index (χ0) is 20.0. The molecule has 0 aliphatic carbocycles. The van der Waals surface area contributed by atoms with E-state index in [0.29, 0.717) is 18.9 Å². The Bertz CT molecular complexity index is 787. The van der Waals surface area contributed by atoms with Gasteiger partial charge in [0, 0.05) is 0 Å². The minimum absolute atomic E-state index is 0.248. The fourth-order valence-corrected chi connectivity index (χ4v) is 3.15. The highest BCUT2D eigenvalue weighted by Gasteiger charge is 2.44.